The van der Waals surface area contributed by atoms with Crippen molar-refractivity contribution in [2.24, 2.45) is 5.41 Å². The molecule has 0 fully saturated rings. The molecule has 0 unspecified atom stereocenters. The van der Waals surface area contributed by atoms with Crippen LogP contribution in [0.1, 0.15) is 39.3 Å². The second-order valence-electron chi connectivity index (χ2n) is 7.42. The van der Waals surface area contributed by atoms with Gasteiger partial charge in [0.05, 0.1) is 17.4 Å². The average Bonchev–Trinajstić information content (AvgIpc) is 3.30. The summed E-state index contributed by atoms with van der Waals surface area (Å²) in [6.45, 7) is 7.36. The van der Waals surface area contributed by atoms with E-state index in [1.54, 1.807) is 32.0 Å². The molecule has 2 N–H and O–H groups in total. The number of amides is 1. The first-order valence-corrected chi connectivity index (χ1v) is 9.37. The van der Waals surface area contributed by atoms with Crippen molar-refractivity contribution in [2.75, 3.05) is 11.2 Å². The van der Waals surface area contributed by atoms with Crippen molar-refractivity contribution in [3.63, 3.8) is 0 Å². The van der Waals surface area contributed by atoms with Gasteiger partial charge in [-0.2, -0.15) is 9.78 Å². The molecule has 3 heterocycles. The van der Waals surface area contributed by atoms with Crippen molar-refractivity contribution < 1.29 is 9.21 Å². The Balaban J connectivity index is 2.11. The highest BCUT2D eigenvalue weighted by Gasteiger charge is 2.28. The number of furan rings is 1. The van der Waals surface area contributed by atoms with Crippen LogP contribution in [0.5, 0.6) is 0 Å². The van der Waals surface area contributed by atoms with E-state index in [2.05, 4.69) is 20.4 Å². The van der Waals surface area contributed by atoms with Gasteiger partial charge in [0.15, 0.2) is 5.76 Å². The number of hydrogen-bond acceptors (Lipinski definition) is 5. The number of carbonyl (C=O) groups is 1. The maximum atomic E-state index is 12.6. The summed E-state index contributed by atoms with van der Waals surface area (Å²) in [7, 11) is 0. The van der Waals surface area contributed by atoms with E-state index in [4.69, 9.17) is 16.0 Å². The van der Waals surface area contributed by atoms with Crippen LogP contribution in [0.3, 0.4) is 0 Å². The summed E-state index contributed by atoms with van der Waals surface area (Å²) in [5, 5.41) is 7.29. The molecule has 3 aromatic rings. The maximum absolute atomic E-state index is 12.6. The van der Waals surface area contributed by atoms with E-state index < -0.39 is 5.41 Å². The first-order valence-electron chi connectivity index (χ1n) is 8.84. The fraction of sp³-hybridized carbons (Fsp3) is 0.368. The van der Waals surface area contributed by atoms with E-state index in [0.717, 1.165) is 0 Å². The predicted molar refractivity (Wildman–Crippen MR) is 107 cm³/mol. The van der Waals surface area contributed by atoms with E-state index in [0.29, 0.717) is 23.0 Å². The van der Waals surface area contributed by atoms with Gasteiger partial charge in [-0.05, 0) is 31.9 Å². The van der Waals surface area contributed by atoms with Gasteiger partial charge in [-0.15, -0.1) is 11.6 Å². The summed E-state index contributed by atoms with van der Waals surface area (Å²) in [6, 6.07) is 6.59. The van der Waals surface area contributed by atoms with E-state index in [1.165, 1.54) is 17.0 Å². The predicted octanol–water partition coefficient (Wildman–Crippen LogP) is 3.54. The Kier molecular flexibility index (Phi) is 5.42. The Morgan fingerprint density at radius 2 is 2.14 bits per heavy atom. The van der Waals surface area contributed by atoms with Crippen molar-refractivity contribution >= 4 is 23.3 Å². The Morgan fingerprint density at radius 1 is 1.39 bits per heavy atom. The zero-order chi connectivity index (χ0) is 20.5. The van der Waals surface area contributed by atoms with Gasteiger partial charge in [-0.3, -0.25) is 14.6 Å². The Morgan fingerprint density at radius 3 is 2.75 bits per heavy atom. The van der Waals surface area contributed by atoms with Gasteiger partial charge >= 0.3 is 0 Å². The van der Waals surface area contributed by atoms with Crippen LogP contribution in [-0.4, -0.2) is 31.5 Å². The molecule has 3 aromatic heterocycles. The molecule has 1 amide bonds. The molecule has 0 saturated carbocycles. The number of hydrogen-bond donors (Lipinski definition) is 2. The first kappa shape index (κ1) is 19.9. The SMILES string of the molecule is CC(C)c1cc(=O)[nH]c(-n2nc(-c3ccco3)cc2NC(=O)C(C)(C)CCl)n1. The molecular weight excluding hydrogens is 382 g/mol. The second kappa shape index (κ2) is 7.63. The normalized spacial score (nSPS) is 11.8. The molecule has 9 heteroatoms. The topological polar surface area (TPSA) is 106 Å². The number of aromatic amines is 1. The summed E-state index contributed by atoms with van der Waals surface area (Å²) < 4.78 is 6.78. The largest absolute Gasteiger partial charge is 0.463 e. The molecule has 0 spiro atoms. The number of rotatable bonds is 6. The van der Waals surface area contributed by atoms with E-state index in [-0.39, 0.29) is 29.2 Å². The summed E-state index contributed by atoms with van der Waals surface area (Å²) in [4.78, 5) is 31.9. The zero-order valence-electron chi connectivity index (χ0n) is 16.1. The third kappa shape index (κ3) is 4.01. The highest BCUT2D eigenvalue weighted by atomic mass is 35.5. The number of anilines is 1. The van der Waals surface area contributed by atoms with Crippen molar-refractivity contribution in [1.29, 1.82) is 0 Å². The first-order chi connectivity index (χ1) is 13.2. The van der Waals surface area contributed by atoms with Gasteiger partial charge in [-0.1, -0.05) is 13.8 Å². The number of halogens is 1. The van der Waals surface area contributed by atoms with Gasteiger partial charge in [0, 0.05) is 18.0 Å². The lowest BCUT2D eigenvalue weighted by atomic mass is 9.95. The fourth-order valence-electron chi connectivity index (χ4n) is 2.38. The summed E-state index contributed by atoms with van der Waals surface area (Å²) in [5.41, 5.74) is 0.0122. The van der Waals surface area contributed by atoms with Crippen LogP contribution in [0, 0.1) is 5.41 Å². The molecule has 3 rings (SSSR count). The smallest absolute Gasteiger partial charge is 0.252 e. The Bertz CT molecular complexity index is 1030. The summed E-state index contributed by atoms with van der Waals surface area (Å²) in [5.74, 6) is 0.988. The van der Waals surface area contributed by atoms with Crippen molar-refractivity contribution in [2.45, 2.75) is 33.6 Å². The highest BCUT2D eigenvalue weighted by molar-refractivity contribution is 6.20. The molecular formula is C19H22ClN5O3. The van der Waals surface area contributed by atoms with Crippen LogP contribution in [0.25, 0.3) is 17.4 Å². The fourth-order valence-corrected chi connectivity index (χ4v) is 2.50. The van der Waals surface area contributed by atoms with E-state index in [9.17, 15) is 9.59 Å². The van der Waals surface area contributed by atoms with Crippen LogP contribution in [-0.2, 0) is 4.79 Å². The van der Waals surface area contributed by atoms with E-state index in [1.807, 2.05) is 13.8 Å². The highest BCUT2D eigenvalue weighted by Crippen LogP contribution is 2.26. The lowest BCUT2D eigenvalue weighted by molar-refractivity contribution is -0.123. The molecule has 0 aromatic carbocycles. The Hall–Kier alpha value is -2.87. The minimum absolute atomic E-state index is 0.0504. The molecule has 0 aliphatic carbocycles. The number of nitrogens with one attached hydrogen (secondary N) is 2. The van der Waals surface area contributed by atoms with Gasteiger partial charge < -0.3 is 9.73 Å². The second-order valence-corrected chi connectivity index (χ2v) is 7.69. The molecule has 0 aliphatic rings. The molecule has 0 aliphatic heterocycles. The van der Waals surface area contributed by atoms with Crippen molar-refractivity contribution in [3.8, 4) is 17.4 Å². The standard InChI is InChI=1S/C19H22ClN5O3/c1-11(2)12-9-16(26)23-18(21-12)25-15(22-17(27)19(3,4)10-20)8-13(24-25)14-6-5-7-28-14/h5-9,11H,10H2,1-4H3,(H,22,27)(H,21,23,26). The quantitative estimate of drug-likeness (QED) is 0.612. The average molecular weight is 404 g/mol. The zero-order valence-corrected chi connectivity index (χ0v) is 16.9. The van der Waals surface area contributed by atoms with Crippen LogP contribution in [0.4, 0.5) is 5.82 Å². The van der Waals surface area contributed by atoms with Gasteiger partial charge in [0.2, 0.25) is 11.9 Å². The molecule has 0 bridgehead atoms. The van der Waals surface area contributed by atoms with Gasteiger partial charge in [0.1, 0.15) is 11.5 Å². The van der Waals surface area contributed by atoms with E-state index >= 15 is 0 Å². The molecule has 0 atom stereocenters. The van der Waals surface area contributed by atoms with Crippen molar-refractivity contribution in [3.05, 3.63) is 46.6 Å². The van der Waals surface area contributed by atoms with Crippen LogP contribution in [0.2, 0.25) is 0 Å². The summed E-state index contributed by atoms with van der Waals surface area (Å²) >= 11 is 5.92. The number of H-pyrrole nitrogens is 1. The number of aromatic nitrogens is 4. The molecule has 0 saturated heterocycles. The molecule has 148 valence electrons. The van der Waals surface area contributed by atoms with Gasteiger partial charge in [0.25, 0.3) is 5.56 Å². The monoisotopic (exact) mass is 403 g/mol. The minimum Gasteiger partial charge on any atom is -0.463 e. The van der Waals surface area contributed by atoms with Gasteiger partial charge in [-0.25, -0.2) is 4.98 Å². The Labute approximate surface area is 166 Å². The lowest BCUT2D eigenvalue weighted by Gasteiger charge is -2.20. The molecule has 0 radical (unpaired) electrons. The van der Waals surface area contributed by atoms with Crippen LogP contribution < -0.4 is 10.9 Å². The molecule has 28 heavy (non-hydrogen) atoms. The lowest BCUT2D eigenvalue weighted by Crippen LogP contribution is -2.33. The van der Waals surface area contributed by atoms with Crippen LogP contribution >= 0.6 is 11.6 Å². The number of nitrogens with zero attached hydrogens (tertiary/aromatic N) is 3. The maximum Gasteiger partial charge on any atom is 0.252 e. The minimum atomic E-state index is -0.790. The third-order valence-corrected chi connectivity index (χ3v) is 4.88. The van der Waals surface area contributed by atoms with Crippen LogP contribution in [0.15, 0.2) is 39.7 Å². The molecule has 8 nitrogen and oxygen atoms in total. The summed E-state index contributed by atoms with van der Waals surface area (Å²) in [6.07, 6.45) is 1.53. The number of alkyl halides is 1. The van der Waals surface area contributed by atoms with Crippen molar-refractivity contribution in [1.82, 2.24) is 19.7 Å². The number of carbonyl (C=O) groups excluding carboxylic acids is 1. The third-order valence-electron chi connectivity index (χ3n) is 4.21.